The fourth-order valence-electron chi connectivity index (χ4n) is 6.15. The summed E-state index contributed by atoms with van der Waals surface area (Å²) in [6.07, 6.45) is 6.53. The zero-order chi connectivity index (χ0) is 27.2. The van der Waals surface area contributed by atoms with Crippen LogP contribution < -0.4 is 4.74 Å². The van der Waals surface area contributed by atoms with Crippen molar-refractivity contribution in [2.45, 2.75) is 39.5 Å². The third-order valence-electron chi connectivity index (χ3n) is 8.12. The second kappa shape index (κ2) is 10.0. The number of aryl methyl sites for hydroxylation is 2. The van der Waals surface area contributed by atoms with Crippen LogP contribution in [0.4, 0.5) is 0 Å². The van der Waals surface area contributed by atoms with Gasteiger partial charge in [-0.2, -0.15) is 0 Å². The van der Waals surface area contributed by atoms with Gasteiger partial charge in [0, 0.05) is 46.6 Å². The summed E-state index contributed by atoms with van der Waals surface area (Å²) in [5.74, 6) is 2.36. The average Bonchev–Trinajstić information content (AvgIpc) is 3.52. The van der Waals surface area contributed by atoms with Gasteiger partial charge in [-0.3, -0.25) is 4.98 Å². The van der Waals surface area contributed by atoms with Crippen LogP contribution in [-0.4, -0.2) is 56.7 Å². The second-order valence-corrected chi connectivity index (χ2v) is 10.7. The van der Waals surface area contributed by atoms with E-state index in [1.165, 1.54) is 19.3 Å². The highest BCUT2D eigenvalue weighted by atomic mass is 16.5. The molecule has 0 aliphatic carbocycles. The summed E-state index contributed by atoms with van der Waals surface area (Å²) in [6.45, 7) is 7.15. The van der Waals surface area contributed by atoms with Crippen LogP contribution in [0.1, 0.15) is 36.5 Å². The number of H-pyrrole nitrogens is 1. The van der Waals surface area contributed by atoms with Gasteiger partial charge in [0.05, 0.1) is 35.0 Å². The fraction of sp³-hybridized carbons (Fsp3) is 0.312. The molecule has 0 amide bonds. The van der Waals surface area contributed by atoms with Crippen molar-refractivity contribution in [2.75, 3.05) is 26.7 Å². The Labute approximate surface area is 232 Å². The molecule has 0 unspecified atom stereocenters. The average molecular weight is 533 g/mol. The lowest BCUT2D eigenvalue weighted by molar-refractivity contribution is 0.230. The lowest BCUT2D eigenvalue weighted by Gasteiger charge is -2.26. The Hall–Kier alpha value is -4.30. The van der Waals surface area contributed by atoms with E-state index in [1.807, 2.05) is 32.2 Å². The summed E-state index contributed by atoms with van der Waals surface area (Å²) >= 11 is 0. The fourth-order valence-corrected chi connectivity index (χ4v) is 6.15. The van der Waals surface area contributed by atoms with Crippen molar-refractivity contribution in [1.82, 2.24) is 30.0 Å². The highest BCUT2D eigenvalue weighted by molar-refractivity contribution is 6.15. The second-order valence-electron chi connectivity index (χ2n) is 10.7. The number of likely N-dealkylation sites (tertiary alicyclic amines) is 1. The first kappa shape index (κ1) is 24.7. The molecule has 40 heavy (non-hydrogen) atoms. The summed E-state index contributed by atoms with van der Waals surface area (Å²) in [5.41, 5.74) is 7.41. The number of hydrogen-bond acceptors (Lipinski definition) is 7. The molecule has 202 valence electrons. The van der Waals surface area contributed by atoms with E-state index in [2.05, 4.69) is 50.4 Å². The van der Waals surface area contributed by atoms with E-state index >= 15 is 0 Å². The maximum atomic E-state index is 5.91. The first-order valence-corrected chi connectivity index (χ1v) is 14.0. The first-order valence-electron chi connectivity index (χ1n) is 14.0. The van der Waals surface area contributed by atoms with Gasteiger partial charge >= 0.3 is 0 Å². The molecule has 1 saturated heterocycles. The predicted octanol–water partition coefficient (Wildman–Crippen LogP) is 6.64. The van der Waals surface area contributed by atoms with E-state index in [-0.39, 0.29) is 0 Å². The van der Waals surface area contributed by atoms with Crippen molar-refractivity contribution >= 4 is 32.8 Å². The molecule has 4 aromatic heterocycles. The quantitative estimate of drug-likeness (QED) is 0.257. The first-order chi connectivity index (χ1) is 19.6. The maximum Gasteiger partial charge on any atom is 0.142 e. The van der Waals surface area contributed by atoms with Gasteiger partial charge in [-0.15, -0.1) is 0 Å². The van der Waals surface area contributed by atoms with Gasteiger partial charge in [0.1, 0.15) is 23.0 Å². The summed E-state index contributed by atoms with van der Waals surface area (Å²) in [5, 5.41) is 7.24. The Balaban J connectivity index is 1.46. The van der Waals surface area contributed by atoms with Crippen LogP contribution >= 0.6 is 0 Å². The van der Waals surface area contributed by atoms with E-state index in [4.69, 9.17) is 19.2 Å². The van der Waals surface area contributed by atoms with Crippen molar-refractivity contribution in [3.05, 3.63) is 65.9 Å². The number of nitrogens with zero attached hydrogens (tertiary/aromatic N) is 5. The molecule has 6 aromatic rings. The van der Waals surface area contributed by atoms with Gasteiger partial charge < -0.3 is 19.1 Å². The van der Waals surface area contributed by atoms with Crippen LogP contribution in [0, 0.1) is 13.8 Å². The van der Waals surface area contributed by atoms with E-state index in [1.54, 1.807) is 7.11 Å². The molecule has 2 aromatic carbocycles. The van der Waals surface area contributed by atoms with Crippen LogP contribution in [0.15, 0.2) is 53.2 Å². The Morgan fingerprint density at radius 2 is 1.82 bits per heavy atom. The van der Waals surface area contributed by atoms with Crippen LogP contribution in [-0.2, 0) is 6.42 Å². The highest BCUT2D eigenvalue weighted by Gasteiger charge is 2.22. The molecule has 1 aliphatic heterocycles. The molecule has 0 bridgehead atoms. The van der Waals surface area contributed by atoms with Crippen molar-refractivity contribution in [2.24, 2.45) is 0 Å². The van der Waals surface area contributed by atoms with Gasteiger partial charge in [0.15, 0.2) is 0 Å². The number of benzene rings is 2. The topological polar surface area (TPSA) is 93.0 Å². The molecule has 0 spiro atoms. The van der Waals surface area contributed by atoms with Crippen molar-refractivity contribution in [1.29, 1.82) is 0 Å². The standard InChI is InChI=1S/C32H32N6O2/c1-19-29(20(2)40-37-19)24-17-26-23(18-27(24)39-3)30-31(22-11-13-33-25-10-6-5-9-21(22)25)35-28(36-32(30)34-26)12-16-38-14-7-4-8-15-38/h5-6,9-11,13,17-18H,4,7-8,12,14-16H2,1-3H3,(H,34,35,36). The largest absolute Gasteiger partial charge is 0.496 e. The number of aromatic nitrogens is 5. The minimum absolute atomic E-state index is 0.752. The van der Waals surface area contributed by atoms with Crippen LogP contribution in [0.5, 0.6) is 5.75 Å². The SMILES string of the molecule is COc1cc2c(cc1-c1c(C)noc1C)[nH]c1nc(CCN3CCCCC3)nc(-c3ccnc4ccccc34)c12. The third-order valence-corrected chi connectivity index (χ3v) is 8.12. The van der Waals surface area contributed by atoms with Gasteiger partial charge in [0.2, 0.25) is 0 Å². The van der Waals surface area contributed by atoms with Gasteiger partial charge in [-0.05, 0) is 64.0 Å². The Morgan fingerprint density at radius 1 is 0.975 bits per heavy atom. The lowest BCUT2D eigenvalue weighted by atomic mass is 9.99. The van der Waals surface area contributed by atoms with Gasteiger partial charge in [-0.25, -0.2) is 9.97 Å². The monoisotopic (exact) mass is 532 g/mol. The molecule has 1 fully saturated rings. The molecule has 5 heterocycles. The van der Waals surface area contributed by atoms with Crippen molar-refractivity contribution < 1.29 is 9.26 Å². The molecule has 0 saturated carbocycles. The third kappa shape index (κ3) is 4.19. The van der Waals surface area contributed by atoms with Crippen molar-refractivity contribution in [3.63, 3.8) is 0 Å². The van der Waals surface area contributed by atoms with E-state index in [9.17, 15) is 0 Å². The van der Waals surface area contributed by atoms with Gasteiger partial charge in [0.25, 0.3) is 0 Å². The molecule has 1 N–H and O–H groups in total. The Morgan fingerprint density at radius 3 is 2.62 bits per heavy atom. The minimum atomic E-state index is 0.752. The zero-order valence-electron chi connectivity index (χ0n) is 23.1. The van der Waals surface area contributed by atoms with Gasteiger partial charge in [-0.1, -0.05) is 29.8 Å². The number of pyridine rings is 1. The molecular formula is C32H32N6O2. The van der Waals surface area contributed by atoms with Crippen LogP contribution in [0.3, 0.4) is 0 Å². The lowest BCUT2D eigenvalue weighted by Crippen LogP contribution is -2.31. The molecule has 0 atom stereocenters. The number of para-hydroxylation sites is 1. The summed E-state index contributed by atoms with van der Waals surface area (Å²) < 4.78 is 11.4. The predicted molar refractivity (Wildman–Crippen MR) is 158 cm³/mol. The van der Waals surface area contributed by atoms with E-state index < -0.39 is 0 Å². The van der Waals surface area contributed by atoms with Crippen LogP contribution in [0.25, 0.3) is 55.2 Å². The summed E-state index contributed by atoms with van der Waals surface area (Å²) in [7, 11) is 1.70. The maximum absolute atomic E-state index is 5.91. The van der Waals surface area contributed by atoms with E-state index in [0.29, 0.717) is 0 Å². The number of ether oxygens (including phenoxy) is 1. The number of rotatable bonds is 6. The Kier molecular flexibility index (Phi) is 6.20. The van der Waals surface area contributed by atoms with Crippen molar-refractivity contribution in [3.8, 4) is 28.1 Å². The van der Waals surface area contributed by atoms with E-state index in [0.717, 1.165) is 104 Å². The Bertz CT molecular complexity index is 1840. The smallest absolute Gasteiger partial charge is 0.142 e. The number of piperidine rings is 1. The molecule has 8 heteroatoms. The number of nitrogens with one attached hydrogen (secondary N) is 1. The molecule has 0 radical (unpaired) electrons. The molecular weight excluding hydrogens is 500 g/mol. The number of hydrogen-bond donors (Lipinski definition) is 1. The van der Waals surface area contributed by atoms with Crippen LogP contribution in [0.2, 0.25) is 0 Å². The minimum Gasteiger partial charge on any atom is -0.496 e. The summed E-state index contributed by atoms with van der Waals surface area (Å²) in [4.78, 5) is 21.1. The number of aromatic amines is 1. The molecule has 1 aliphatic rings. The zero-order valence-corrected chi connectivity index (χ0v) is 23.1. The number of fused-ring (bicyclic) bond motifs is 4. The molecule has 8 nitrogen and oxygen atoms in total. The highest BCUT2D eigenvalue weighted by Crippen LogP contribution is 2.42. The normalized spacial score (nSPS) is 14.5. The molecule has 7 rings (SSSR count). The number of methoxy groups -OCH3 is 1. The summed E-state index contributed by atoms with van der Waals surface area (Å²) in [6, 6.07) is 14.5.